The lowest BCUT2D eigenvalue weighted by Crippen LogP contribution is -2.18. The van der Waals surface area contributed by atoms with Gasteiger partial charge >= 0.3 is 0 Å². The minimum absolute atomic E-state index is 0.286. The van der Waals surface area contributed by atoms with E-state index in [1.807, 2.05) is 0 Å². The Morgan fingerprint density at radius 2 is 2.20 bits per heavy atom. The highest BCUT2D eigenvalue weighted by Crippen LogP contribution is 2.48. The lowest BCUT2D eigenvalue weighted by Gasteiger charge is -2.22. The average molecular weight is 273 g/mol. The van der Waals surface area contributed by atoms with Crippen LogP contribution in [0.25, 0.3) is 0 Å². The number of hydrogen-bond donors (Lipinski definition) is 1. The van der Waals surface area contributed by atoms with Crippen LogP contribution < -0.4 is 10.5 Å². The third-order valence-corrected chi connectivity index (χ3v) is 4.61. The van der Waals surface area contributed by atoms with E-state index in [9.17, 15) is 4.39 Å². The molecule has 1 aromatic rings. The first-order valence-corrected chi connectivity index (χ1v) is 7.37. The molecule has 2 fully saturated rings. The van der Waals surface area contributed by atoms with Crippen molar-refractivity contribution in [2.24, 2.45) is 23.5 Å². The fourth-order valence-corrected chi connectivity index (χ4v) is 3.64. The van der Waals surface area contributed by atoms with Crippen LogP contribution in [0.3, 0.4) is 0 Å². The molecule has 0 heterocycles. The van der Waals surface area contributed by atoms with E-state index >= 15 is 0 Å². The second kappa shape index (κ2) is 5.85. The molecule has 0 radical (unpaired) electrons. The van der Waals surface area contributed by atoms with Gasteiger partial charge in [-0.2, -0.15) is 0 Å². The molecule has 2 N–H and O–H groups in total. The van der Waals surface area contributed by atoms with Gasteiger partial charge in [0.05, 0.1) is 18.7 Å². The van der Waals surface area contributed by atoms with Gasteiger partial charge < -0.3 is 10.5 Å². The molecule has 20 heavy (non-hydrogen) atoms. The van der Waals surface area contributed by atoms with E-state index in [4.69, 9.17) is 10.5 Å². The maximum atomic E-state index is 13.4. The van der Waals surface area contributed by atoms with E-state index in [0.29, 0.717) is 24.8 Å². The van der Waals surface area contributed by atoms with E-state index in [1.165, 1.54) is 37.8 Å². The first kappa shape index (κ1) is 13.5. The number of fused-ring (bicyclic) bond motifs is 2. The minimum Gasteiger partial charge on any atom is -0.492 e. The van der Waals surface area contributed by atoms with Crippen LogP contribution in [0.1, 0.15) is 31.2 Å². The van der Waals surface area contributed by atoms with Gasteiger partial charge in [-0.15, -0.1) is 0 Å². The summed E-state index contributed by atoms with van der Waals surface area (Å²) in [6, 6.07) is 4.49. The summed E-state index contributed by atoms with van der Waals surface area (Å²) in [7, 11) is 0. The Bertz CT molecular complexity index is 546. The smallest absolute Gasteiger partial charge is 0.137 e. The highest BCUT2D eigenvalue weighted by molar-refractivity contribution is 5.46. The molecule has 2 nitrogen and oxygen atoms in total. The van der Waals surface area contributed by atoms with Crippen molar-refractivity contribution in [1.29, 1.82) is 0 Å². The highest BCUT2D eigenvalue weighted by Gasteiger charge is 2.39. The number of halogens is 1. The number of nitrogens with two attached hydrogens (primary N) is 1. The fourth-order valence-electron chi connectivity index (χ4n) is 3.64. The van der Waals surface area contributed by atoms with Gasteiger partial charge in [0.1, 0.15) is 11.6 Å². The number of benzene rings is 1. The molecule has 0 spiro atoms. The van der Waals surface area contributed by atoms with Crippen molar-refractivity contribution in [2.45, 2.75) is 25.7 Å². The summed E-state index contributed by atoms with van der Waals surface area (Å²) >= 11 is 0. The van der Waals surface area contributed by atoms with Crippen LogP contribution in [0.2, 0.25) is 0 Å². The number of rotatable bonds is 3. The Kier molecular flexibility index (Phi) is 3.93. The molecule has 2 aliphatic rings. The summed E-state index contributed by atoms with van der Waals surface area (Å²) in [5.41, 5.74) is 6.10. The molecular formula is C17H20FNO. The predicted molar refractivity (Wildman–Crippen MR) is 76.8 cm³/mol. The van der Waals surface area contributed by atoms with Gasteiger partial charge in [0.25, 0.3) is 0 Å². The van der Waals surface area contributed by atoms with E-state index in [-0.39, 0.29) is 5.82 Å². The van der Waals surface area contributed by atoms with Gasteiger partial charge in [0, 0.05) is 6.07 Å². The Morgan fingerprint density at radius 1 is 1.30 bits per heavy atom. The molecule has 3 rings (SSSR count). The lowest BCUT2D eigenvalue weighted by molar-refractivity contribution is 0.194. The second-order valence-electron chi connectivity index (χ2n) is 5.89. The minimum atomic E-state index is -0.286. The summed E-state index contributed by atoms with van der Waals surface area (Å²) < 4.78 is 19.2. The zero-order valence-electron chi connectivity index (χ0n) is 11.6. The van der Waals surface area contributed by atoms with Crippen LogP contribution >= 0.6 is 0 Å². The van der Waals surface area contributed by atoms with Gasteiger partial charge in [0.2, 0.25) is 0 Å². The fraction of sp³-hybridized carbons (Fsp3) is 0.529. The van der Waals surface area contributed by atoms with Crippen molar-refractivity contribution in [2.75, 3.05) is 13.2 Å². The van der Waals surface area contributed by atoms with Crippen molar-refractivity contribution in [1.82, 2.24) is 0 Å². The van der Waals surface area contributed by atoms with Crippen molar-refractivity contribution in [3.05, 3.63) is 29.6 Å². The standard InChI is InChI=1S/C17H20FNO/c18-16-6-5-13(2-1-7-19)17(10-16)20-11-15-9-12-3-4-14(15)8-12/h5-6,10,12,14-15H,3-4,7-9,11,19H2. The van der Waals surface area contributed by atoms with Gasteiger partial charge in [-0.3, -0.25) is 0 Å². The zero-order valence-corrected chi connectivity index (χ0v) is 11.6. The summed E-state index contributed by atoms with van der Waals surface area (Å²) in [5, 5.41) is 0. The zero-order chi connectivity index (χ0) is 13.9. The first-order chi connectivity index (χ1) is 9.76. The molecule has 3 heteroatoms. The van der Waals surface area contributed by atoms with E-state index < -0.39 is 0 Å². The predicted octanol–water partition coefficient (Wildman–Crippen LogP) is 2.95. The van der Waals surface area contributed by atoms with Crippen LogP contribution in [0.4, 0.5) is 4.39 Å². The quantitative estimate of drug-likeness (QED) is 0.859. The summed E-state index contributed by atoms with van der Waals surface area (Å²) in [5.74, 6) is 8.35. The molecule has 2 saturated carbocycles. The molecule has 3 atom stereocenters. The van der Waals surface area contributed by atoms with Crippen molar-refractivity contribution < 1.29 is 9.13 Å². The summed E-state index contributed by atoms with van der Waals surface area (Å²) in [4.78, 5) is 0. The third-order valence-electron chi connectivity index (χ3n) is 4.61. The Morgan fingerprint density at radius 3 is 2.90 bits per heavy atom. The molecule has 106 valence electrons. The van der Waals surface area contributed by atoms with Gasteiger partial charge in [0.15, 0.2) is 0 Å². The average Bonchev–Trinajstić information content (AvgIpc) is 3.06. The van der Waals surface area contributed by atoms with Gasteiger partial charge in [-0.25, -0.2) is 4.39 Å². The molecule has 1 aromatic carbocycles. The van der Waals surface area contributed by atoms with Crippen LogP contribution in [-0.2, 0) is 0 Å². The molecule has 0 aromatic heterocycles. The molecular weight excluding hydrogens is 253 g/mol. The molecule has 2 bridgehead atoms. The number of ether oxygens (including phenoxy) is 1. The van der Waals surface area contributed by atoms with Crippen LogP contribution in [-0.4, -0.2) is 13.2 Å². The summed E-state index contributed by atoms with van der Waals surface area (Å²) in [6.45, 7) is 0.977. The van der Waals surface area contributed by atoms with E-state index in [2.05, 4.69) is 11.8 Å². The highest BCUT2D eigenvalue weighted by atomic mass is 19.1. The molecule has 2 aliphatic carbocycles. The van der Waals surface area contributed by atoms with Crippen molar-refractivity contribution in [3.8, 4) is 17.6 Å². The van der Waals surface area contributed by atoms with Crippen molar-refractivity contribution in [3.63, 3.8) is 0 Å². The first-order valence-electron chi connectivity index (χ1n) is 7.37. The Balaban J connectivity index is 1.68. The van der Waals surface area contributed by atoms with Crippen LogP contribution in [0.15, 0.2) is 18.2 Å². The Hall–Kier alpha value is -1.53. The topological polar surface area (TPSA) is 35.2 Å². The van der Waals surface area contributed by atoms with Crippen LogP contribution in [0, 0.1) is 35.4 Å². The van der Waals surface area contributed by atoms with Crippen LogP contribution in [0.5, 0.6) is 5.75 Å². The second-order valence-corrected chi connectivity index (χ2v) is 5.89. The third kappa shape index (κ3) is 2.81. The Labute approximate surface area is 119 Å². The monoisotopic (exact) mass is 273 g/mol. The molecule has 3 unspecified atom stereocenters. The van der Waals surface area contributed by atoms with Gasteiger partial charge in [-0.1, -0.05) is 18.3 Å². The van der Waals surface area contributed by atoms with E-state index in [0.717, 1.165) is 17.4 Å². The number of hydrogen-bond acceptors (Lipinski definition) is 2. The molecule has 0 saturated heterocycles. The molecule has 0 aliphatic heterocycles. The lowest BCUT2D eigenvalue weighted by atomic mass is 9.89. The SMILES string of the molecule is NCC#Cc1ccc(F)cc1OCC1CC2CCC1C2. The maximum Gasteiger partial charge on any atom is 0.137 e. The van der Waals surface area contributed by atoms with E-state index in [1.54, 1.807) is 6.07 Å². The molecule has 0 amide bonds. The van der Waals surface area contributed by atoms with Crippen molar-refractivity contribution >= 4 is 0 Å². The van der Waals surface area contributed by atoms with Gasteiger partial charge in [-0.05, 0) is 49.1 Å². The largest absolute Gasteiger partial charge is 0.492 e. The summed E-state index contributed by atoms with van der Waals surface area (Å²) in [6.07, 6.45) is 5.34. The normalized spacial score (nSPS) is 27.2. The maximum absolute atomic E-state index is 13.4.